The van der Waals surface area contributed by atoms with Crippen LogP contribution < -0.4 is 0 Å². The summed E-state index contributed by atoms with van der Waals surface area (Å²) >= 11 is 0. The predicted octanol–water partition coefficient (Wildman–Crippen LogP) is 4.85. The van der Waals surface area contributed by atoms with Crippen LogP contribution in [-0.4, -0.2) is 70.1 Å². The number of piperidine rings is 2. The van der Waals surface area contributed by atoms with Crippen molar-refractivity contribution in [1.29, 1.82) is 0 Å². The molecule has 4 aliphatic rings. The largest absolute Gasteiger partial charge is 0.465 e. The molecule has 1 N–H and O–H groups in total. The van der Waals surface area contributed by atoms with Crippen LogP contribution in [0.4, 0.5) is 4.79 Å². The number of carbonyl (C=O) groups is 2. The summed E-state index contributed by atoms with van der Waals surface area (Å²) in [5, 5.41) is 9.20. The predicted molar refractivity (Wildman–Crippen MR) is 122 cm³/mol. The van der Waals surface area contributed by atoms with Crippen molar-refractivity contribution in [2.24, 2.45) is 5.41 Å². The van der Waals surface area contributed by atoms with Crippen molar-refractivity contribution in [2.75, 3.05) is 26.2 Å². The zero-order chi connectivity index (χ0) is 22.0. The molecule has 0 radical (unpaired) electrons. The molecular formula is C25H41N3O3. The van der Waals surface area contributed by atoms with Gasteiger partial charge in [-0.3, -0.25) is 4.79 Å². The average Bonchev–Trinajstić information content (AvgIpc) is 3.03. The zero-order valence-corrected chi connectivity index (χ0v) is 19.6. The van der Waals surface area contributed by atoms with Gasteiger partial charge in [-0.1, -0.05) is 26.7 Å². The van der Waals surface area contributed by atoms with Gasteiger partial charge in [-0.25, -0.2) is 4.79 Å². The summed E-state index contributed by atoms with van der Waals surface area (Å²) < 4.78 is 0. The average molecular weight is 432 g/mol. The summed E-state index contributed by atoms with van der Waals surface area (Å²) in [7, 11) is 0. The molecule has 4 rings (SSSR count). The van der Waals surface area contributed by atoms with E-state index in [1.807, 2.05) is 0 Å². The quantitative estimate of drug-likeness (QED) is 0.653. The molecular weight excluding hydrogens is 390 g/mol. The van der Waals surface area contributed by atoms with E-state index in [-0.39, 0.29) is 5.41 Å². The molecule has 3 aliphatic heterocycles. The normalized spacial score (nSPS) is 25.9. The number of carbonyl (C=O) groups excluding carboxylic acids is 1. The van der Waals surface area contributed by atoms with Gasteiger partial charge in [0.15, 0.2) is 0 Å². The molecule has 0 atom stereocenters. The molecule has 6 nitrogen and oxygen atoms in total. The van der Waals surface area contributed by atoms with E-state index < -0.39 is 6.09 Å². The van der Waals surface area contributed by atoms with Crippen LogP contribution >= 0.6 is 0 Å². The number of amides is 2. The lowest BCUT2D eigenvalue weighted by molar-refractivity contribution is -0.139. The van der Waals surface area contributed by atoms with Crippen LogP contribution in [0.5, 0.6) is 0 Å². The summed E-state index contributed by atoms with van der Waals surface area (Å²) in [6.45, 7) is 7.82. The Morgan fingerprint density at radius 3 is 2.10 bits per heavy atom. The minimum atomic E-state index is -0.788. The van der Waals surface area contributed by atoms with Crippen molar-refractivity contribution >= 4 is 12.0 Å². The van der Waals surface area contributed by atoms with Gasteiger partial charge in [-0.15, -0.1) is 0 Å². The monoisotopic (exact) mass is 431 g/mol. The summed E-state index contributed by atoms with van der Waals surface area (Å²) in [5.74, 6) is 0.427. The Labute approximate surface area is 187 Å². The van der Waals surface area contributed by atoms with E-state index in [4.69, 9.17) is 0 Å². The first-order valence-corrected chi connectivity index (χ1v) is 12.8. The van der Waals surface area contributed by atoms with Gasteiger partial charge in [-0.05, 0) is 69.8 Å². The third kappa shape index (κ3) is 4.12. The number of allylic oxidation sites excluding steroid dienone is 1. The van der Waals surface area contributed by atoms with Gasteiger partial charge < -0.3 is 19.8 Å². The van der Waals surface area contributed by atoms with Crippen molar-refractivity contribution in [1.82, 2.24) is 14.7 Å². The second kappa shape index (κ2) is 9.51. The Balaban J connectivity index is 1.44. The Kier molecular flexibility index (Phi) is 6.95. The van der Waals surface area contributed by atoms with Gasteiger partial charge in [0.2, 0.25) is 5.91 Å². The number of nitrogens with zero attached hydrogens (tertiary/aromatic N) is 3. The number of likely N-dealkylation sites (tertiary alicyclic amines) is 2. The molecule has 0 aromatic rings. The fraction of sp³-hybridized carbons (Fsp3) is 0.840. The van der Waals surface area contributed by atoms with Gasteiger partial charge >= 0.3 is 6.09 Å². The summed E-state index contributed by atoms with van der Waals surface area (Å²) in [6.07, 6.45) is 12.0. The lowest BCUT2D eigenvalue weighted by atomic mass is 9.71. The first kappa shape index (κ1) is 22.6. The number of rotatable bonds is 6. The molecule has 0 aromatic carbocycles. The van der Waals surface area contributed by atoms with Crippen molar-refractivity contribution in [3.8, 4) is 0 Å². The minimum absolute atomic E-state index is 0.208. The van der Waals surface area contributed by atoms with Crippen molar-refractivity contribution in [2.45, 2.75) is 103 Å². The van der Waals surface area contributed by atoms with Crippen molar-refractivity contribution in [3.63, 3.8) is 0 Å². The fourth-order valence-corrected chi connectivity index (χ4v) is 6.96. The molecule has 1 aliphatic carbocycles. The second-order valence-electron chi connectivity index (χ2n) is 10.2. The van der Waals surface area contributed by atoms with Crippen LogP contribution in [0.15, 0.2) is 11.3 Å². The fourth-order valence-electron chi connectivity index (χ4n) is 6.96. The van der Waals surface area contributed by atoms with Crippen LogP contribution in [0.25, 0.3) is 0 Å². The first-order valence-electron chi connectivity index (χ1n) is 12.8. The number of hydrogen-bond acceptors (Lipinski definition) is 3. The zero-order valence-electron chi connectivity index (χ0n) is 19.6. The summed E-state index contributed by atoms with van der Waals surface area (Å²) in [6, 6.07) is 0.844. The van der Waals surface area contributed by atoms with Gasteiger partial charge in [0.05, 0.1) is 5.41 Å². The third-order valence-electron chi connectivity index (χ3n) is 8.40. The van der Waals surface area contributed by atoms with Gasteiger partial charge in [-0.2, -0.15) is 0 Å². The topological polar surface area (TPSA) is 64.1 Å². The molecule has 174 valence electrons. The summed E-state index contributed by atoms with van der Waals surface area (Å²) in [4.78, 5) is 31.6. The van der Waals surface area contributed by atoms with E-state index in [9.17, 15) is 14.7 Å². The molecule has 0 saturated carbocycles. The highest BCUT2D eigenvalue weighted by atomic mass is 16.4. The Bertz CT molecular complexity index is 697. The Hall–Kier alpha value is -1.56. The van der Waals surface area contributed by atoms with Crippen LogP contribution in [-0.2, 0) is 4.79 Å². The lowest BCUT2D eigenvalue weighted by Crippen LogP contribution is -2.52. The van der Waals surface area contributed by atoms with Crippen molar-refractivity contribution < 1.29 is 14.7 Å². The van der Waals surface area contributed by atoms with Gasteiger partial charge in [0.25, 0.3) is 0 Å². The SMILES string of the molecule is CCCC1(CCC)C(=O)N(C2CCN(C3CCN(C(=O)O)CC3)CC2)C2=C1CCCC2. The molecule has 3 heterocycles. The molecule has 0 unspecified atom stereocenters. The van der Waals surface area contributed by atoms with E-state index in [1.165, 1.54) is 24.1 Å². The van der Waals surface area contributed by atoms with E-state index in [0.717, 1.165) is 77.3 Å². The van der Waals surface area contributed by atoms with Gasteiger partial charge in [0.1, 0.15) is 0 Å². The molecule has 31 heavy (non-hydrogen) atoms. The van der Waals surface area contributed by atoms with E-state index in [1.54, 1.807) is 4.90 Å². The van der Waals surface area contributed by atoms with Crippen LogP contribution in [0.2, 0.25) is 0 Å². The van der Waals surface area contributed by atoms with E-state index in [0.29, 0.717) is 31.1 Å². The Morgan fingerprint density at radius 2 is 1.52 bits per heavy atom. The maximum Gasteiger partial charge on any atom is 0.407 e. The third-order valence-corrected chi connectivity index (χ3v) is 8.40. The maximum atomic E-state index is 14.0. The number of hydrogen-bond donors (Lipinski definition) is 1. The maximum absolute atomic E-state index is 14.0. The molecule has 6 heteroatoms. The minimum Gasteiger partial charge on any atom is -0.465 e. The summed E-state index contributed by atoms with van der Waals surface area (Å²) in [5.41, 5.74) is 2.71. The second-order valence-corrected chi connectivity index (χ2v) is 10.2. The molecule has 2 fully saturated rings. The molecule has 2 saturated heterocycles. The first-order chi connectivity index (χ1) is 15.0. The van der Waals surface area contributed by atoms with Crippen LogP contribution in [0, 0.1) is 5.41 Å². The van der Waals surface area contributed by atoms with E-state index >= 15 is 0 Å². The van der Waals surface area contributed by atoms with Crippen molar-refractivity contribution in [3.05, 3.63) is 11.3 Å². The molecule has 0 aromatic heterocycles. The smallest absolute Gasteiger partial charge is 0.407 e. The highest BCUT2D eigenvalue weighted by Gasteiger charge is 2.53. The van der Waals surface area contributed by atoms with E-state index in [2.05, 4.69) is 23.6 Å². The standard InChI is InChI=1S/C25H41N3O3/c1-3-13-25(14-4-2)21-7-5-6-8-22(21)28(23(25)29)20-11-15-26(16-12-20)19-9-17-27(18-10-19)24(30)31/h19-20H,3-18H2,1-2H3,(H,30,31). The van der Waals surface area contributed by atoms with Gasteiger partial charge in [0, 0.05) is 44.0 Å². The molecule has 0 bridgehead atoms. The van der Waals surface area contributed by atoms with Crippen LogP contribution in [0.1, 0.15) is 90.9 Å². The van der Waals surface area contributed by atoms with Crippen LogP contribution in [0.3, 0.4) is 0 Å². The lowest BCUT2D eigenvalue weighted by Gasteiger charge is -2.44. The number of carboxylic acid groups (broad SMARTS) is 1. The molecule has 0 spiro atoms. The molecule has 2 amide bonds. The Morgan fingerprint density at radius 1 is 0.935 bits per heavy atom. The highest BCUT2D eigenvalue weighted by Crippen LogP contribution is 2.53. The highest BCUT2D eigenvalue weighted by molar-refractivity contribution is 5.91.